The summed E-state index contributed by atoms with van der Waals surface area (Å²) in [5.74, 6) is 0.651. The zero-order valence-corrected chi connectivity index (χ0v) is 19.4. The molecular formula is C26H30N2O4S. The molecule has 1 aliphatic heterocycles. The largest absolute Gasteiger partial charge is 0.493 e. The molecule has 3 aromatic rings. The third kappa shape index (κ3) is 5.74. The van der Waals surface area contributed by atoms with Crippen molar-refractivity contribution in [3.05, 3.63) is 90.5 Å². The number of sulfonamides is 1. The standard InChI is InChI=1S/C26H30N2O4S/c29-26(17-18-27-21-26)16-9-19-32-25-15-8-7-10-22(25)20-28(23-11-3-1-4-12-23)33(30,31)24-13-5-2-6-14-24/h1-8,10-15,27,29H,9,16-21H2. The van der Waals surface area contributed by atoms with E-state index in [1.165, 1.54) is 4.31 Å². The second-order valence-corrected chi connectivity index (χ2v) is 10.2. The maximum atomic E-state index is 13.5. The van der Waals surface area contributed by atoms with E-state index in [4.69, 9.17) is 4.74 Å². The fraction of sp³-hybridized carbons (Fsp3) is 0.308. The fourth-order valence-corrected chi connectivity index (χ4v) is 5.55. The number of benzene rings is 3. The summed E-state index contributed by atoms with van der Waals surface area (Å²) in [6.45, 7) is 2.06. The van der Waals surface area contributed by atoms with Gasteiger partial charge in [-0.2, -0.15) is 0 Å². The molecule has 33 heavy (non-hydrogen) atoms. The molecule has 1 fully saturated rings. The van der Waals surface area contributed by atoms with Crippen molar-refractivity contribution in [3.8, 4) is 5.75 Å². The predicted octanol–water partition coefficient (Wildman–Crippen LogP) is 3.97. The van der Waals surface area contributed by atoms with Crippen LogP contribution in [0.15, 0.2) is 89.8 Å². The molecule has 1 heterocycles. The minimum Gasteiger partial charge on any atom is -0.493 e. The Labute approximate surface area is 195 Å². The molecular weight excluding hydrogens is 436 g/mol. The van der Waals surface area contributed by atoms with Gasteiger partial charge in [-0.1, -0.05) is 54.6 Å². The first-order valence-corrected chi connectivity index (χ1v) is 12.7. The molecule has 0 aromatic heterocycles. The third-order valence-corrected chi connectivity index (χ3v) is 7.72. The Hall–Kier alpha value is -2.87. The van der Waals surface area contributed by atoms with Gasteiger partial charge in [-0.25, -0.2) is 8.42 Å². The molecule has 7 heteroatoms. The summed E-state index contributed by atoms with van der Waals surface area (Å²) in [4.78, 5) is 0.241. The Morgan fingerprint density at radius 3 is 2.30 bits per heavy atom. The zero-order chi connectivity index (χ0) is 23.2. The lowest BCUT2D eigenvalue weighted by atomic mass is 9.97. The van der Waals surface area contributed by atoms with Gasteiger partial charge in [0, 0.05) is 12.1 Å². The molecule has 0 aliphatic carbocycles. The first-order valence-electron chi connectivity index (χ1n) is 11.2. The predicted molar refractivity (Wildman–Crippen MR) is 130 cm³/mol. The van der Waals surface area contributed by atoms with Gasteiger partial charge in [0.15, 0.2) is 0 Å². The molecule has 3 aromatic carbocycles. The van der Waals surface area contributed by atoms with Crippen LogP contribution in [0, 0.1) is 0 Å². The average Bonchev–Trinajstić information content (AvgIpc) is 3.28. The van der Waals surface area contributed by atoms with Crippen molar-refractivity contribution in [1.29, 1.82) is 0 Å². The Bertz CT molecular complexity index is 1130. The van der Waals surface area contributed by atoms with Gasteiger partial charge in [0.2, 0.25) is 0 Å². The number of aliphatic hydroxyl groups is 1. The summed E-state index contributed by atoms with van der Waals surface area (Å²) in [5.41, 5.74) is 0.714. The SMILES string of the molecule is O=S(=O)(c1ccccc1)N(Cc1ccccc1OCCCC1(O)CCNC1)c1ccccc1. The Balaban J connectivity index is 1.53. The third-order valence-electron chi connectivity index (χ3n) is 5.93. The van der Waals surface area contributed by atoms with E-state index in [2.05, 4.69) is 5.32 Å². The van der Waals surface area contributed by atoms with E-state index in [9.17, 15) is 13.5 Å². The molecule has 0 radical (unpaired) electrons. The van der Waals surface area contributed by atoms with Gasteiger partial charge in [0.1, 0.15) is 5.75 Å². The lowest BCUT2D eigenvalue weighted by Gasteiger charge is -2.26. The van der Waals surface area contributed by atoms with Gasteiger partial charge in [0.25, 0.3) is 10.0 Å². The number of rotatable bonds is 10. The van der Waals surface area contributed by atoms with Gasteiger partial charge in [-0.3, -0.25) is 4.31 Å². The first-order chi connectivity index (χ1) is 16.0. The van der Waals surface area contributed by atoms with Crippen molar-refractivity contribution in [3.63, 3.8) is 0 Å². The van der Waals surface area contributed by atoms with Crippen molar-refractivity contribution in [2.24, 2.45) is 0 Å². The van der Waals surface area contributed by atoms with Crippen molar-refractivity contribution in [2.75, 3.05) is 24.0 Å². The molecule has 174 valence electrons. The highest BCUT2D eigenvalue weighted by atomic mass is 32.2. The van der Waals surface area contributed by atoms with E-state index in [-0.39, 0.29) is 11.4 Å². The molecule has 1 saturated heterocycles. The van der Waals surface area contributed by atoms with E-state index in [1.54, 1.807) is 42.5 Å². The number of hydrogen-bond acceptors (Lipinski definition) is 5. The molecule has 0 bridgehead atoms. The van der Waals surface area contributed by atoms with E-state index >= 15 is 0 Å². The average molecular weight is 467 g/mol. The summed E-state index contributed by atoms with van der Waals surface area (Å²) >= 11 is 0. The monoisotopic (exact) mass is 466 g/mol. The first kappa shape index (κ1) is 23.3. The van der Waals surface area contributed by atoms with Crippen LogP contribution in [0.25, 0.3) is 0 Å². The van der Waals surface area contributed by atoms with Crippen molar-refractivity contribution in [1.82, 2.24) is 5.32 Å². The quantitative estimate of drug-likeness (QED) is 0.442. The summed E-state index contributed by atoms with van der Waals surface area (Å²) < 4.78 is 34.5. The lowest BCUT2D eigenvalue weighted by Crippen LogP contribution is -2.31. The Kier molecular flexibility index (Phi) is 7.33. The molecule has 0 amide bonds. The van der Waals surface area contributed by atoms with Crippen LogP contribution in [0.5, 0.6) is 5.75 Å². The number of ether oxygens (including phenoxy) is 1. The van der Waals surface area contributed by atoms with Crippen LogP contribution < -0.4 is 14.4 Å². The van der Waals surface area contributed by atoms with Crippen LogP contribution >= 0.6 is 0 Å². The number of nitrogens with one attached hydrogen (secondary N) is 1. The minimum atomic E-state index is -3.78. The van der Waals surface area contributed by atoms with Crippen LogP contribution in [-0.2, 0) is 16.6 Å². The zero-order valence-electron chi connectivity index (χ0n) is 18.6. The van der Waals surface area contributed by atoms with Crippen LogP contribution in [0.2, 0.25) is 0 Å². The van der Waals surface area contributed by atoms with Gasteiger partial charge < -0.3 is 15.2 Å². The van der Waals surface area contributed by atoms with E-state index in [0.717, 1.165) is 24.9 Å². The number of hydrogen-bond donors (Lipinski definition) is 2. The van der Waals surface area contributed by atoms with Crippen molar-refractivity contribution in [2.45, 2.75) is 36.3 Å². The van der Waals surface area contributed by atoms with Crippen molar-refractivity contribution < 1.29 is 18.3 Å². The van der Waals surface area contributed by atoms with Crippen LogP contribution in [0.4, 0.5) is 5.69 Å². The smallest absolute Gasteiger partial charge is 0.264 e. The molecule has 1 unspecified atom stereocenters. The molecule has 2 N–H and O–H groups in total. The number of anilines is 1. The van der Waals surface area contributed by atoms with Crippen molar-refractivity contribution >= 4 is 15.7 Å². The maximum absolute atomic E-state index is 13.5. The van der Waals surface area contributed by atoms with Crippen LogP contribution in [-0.4, -0.2) is 38.8 Å². The van der Waals surface area contributed by atoms with E-state index < -0.39 is 15.6 Å². The molecule has 1 aliphatic rings. The van der Waals surface area contributed by atoms with Gasteiger partial charge in [-0.15, -0.1) is 0 Å². The normalized spacial score (nSPS) is 18.2. The van der Waals surface area contributed by atoms with E-state index in [1.807, 2.05) is 42.5 Å². The summed E-state index contributed by atoms with van der Waals surface area (Å²) in [5, 5.41) is 13.7. The Morgan fingerprint density at radius 2 is 1.61 bits per heavy atom. The van der Waals surface area contributed by atoms with Crippen LogP contribution in [0.1, 0.15) is 24.8 Å². The maximum Gasteiger partial charge on any atom is 0.264 e. The molecule has 4 rings (SSSR count). The molecule has 1 atom stereocenters. The summed E-state index contributed by atoms with van der Waals surface area (Å²) in [6, 6.07) is 25.1. The number of nitrogens with zero attached hydrogens (tertiary/aromatic N) is 1. The van der Waals surface area contributed by atoms with Gasteiger partial charge >= 0.3 is 0 Å². The molecule has 0 spiro atoms. The summed E-state index contributed by atoms with van der Waals surface area (Å²) in [6.07, 6.45) is 2.14. The second-order valence-electron chi connectivity index (χ2n) is 8.37. The minimum absolute atomic E-state index is 0.144. The van der Waals surface area contributed by atoms with Crippen LogP contribution in [0.3, 0.4) is 0 Å². The lowest BCUT2D eigenvalue weighted by molar-refractivity contribution is 0.0461. The summed E-state index contributed by atoms with van der Waals surface area (Å²) in [7, 11) is -3.78. The topological polar surface area (TPSA) is 78.9 Å². The highest BCUT2D eigenvalue weighted by molar-refractivity contribution is 7.92. The molecule has 6 nitrogen and oxygen atoms in total. The van der Waals surface area contributed by atoms with Gasteiger partial charge in [0.05, 0.1) is 29.3 Å². The highest BCUT2D eigenvalue weighted by Gasteiger charge is 2.30. The fourth-order valence-electron chi connectivity index (χ4n) is 4.09. The Morgan fingerprint density at radius 1 is 0.939 bits per heavy atom. The van der Waals surface area contributed by atoms with E-state index in [0.29, 0.717) is 31.0 Å². The number of para-hydroxylation sites is 2. The second kappa shape index (κ2) is 10.4. The number of β-amino-alcohol motifs (C(OH)–C–C–N with tert-alkyl or cyclic N) is 1. The van der Waals surface area contributed by atoms with Gasteiger partial charge in [-0.05, 0) is 56.1 Å². The molecule has 0 saturated carbocycles. The highest BCUT2D eigenvalue weighted by Crippen LogP contribution is 2.29.